The second-order valence-corrected chi connectivity index (χ2v) is 10.4. The summed E-state index contributed by atoms with van der Waals surface area (Å²) in [6.07, 6.45) is 2.10. The molecule has 11 heteroatoms. The molecule has 2 saturated heterocycles. The van der Waals surface area contributed by atoms with E-state index < -0.39 is 0 Å². The van der Waals surface area contributed by atoms with Crippen LogP contribution in [0.5, 0.6) is 0 Å². The molecule has 204 valence electrons. The Hall–Kier alpha value is -3.83. The van der Waals surface area contributed by atoms with Crippen molar-refractivity contribution in [1.82, 2.24) is 34.6 Å². The molecule has 0 aliphatic carbocycles. The van der Waals surface area contributed by atoms with Crippen LogP contribution >= 0.6 is 0 Å². The monoisotopic (exact) mass is 529 g/mol. The van der Waals surface area contributed by atoms with Crippen molar-refractivity contribution in [3.8, 4) is 17.2 Å². The maximum Gasteiger partial charge on any atom is 0.239 e. The fourth-order valence-electron chi connectivity index (χ4n) is 5.77. The average Bonchev–Trinajstić information content (AvgIpc) is 3.44. The molecule has 1 amide bonds. The highest BCUT2D eigenvalue weighted by molar-refractivity contribution is 5.90. The minimum Gasteiger partial charge on any atom is -0.377 e. The maximum absolute atomic E-state index is 12.1. The first kappa shape index (κ1) is 25.4. The van der Waals surface area contributed by atoms with Gasteiger partial charge in [-0.05, 0) is 58.8 Å². The fourth-order valence-corrected chi connectivity index (χ4v) is 5.77. The van der Waals surface area contributed by atoms with Gasteiger partial charge in [0.05, 0.1) is 47.7 Å². The van der Waals surface area contributed by atoms with E-state index in [-0.39, 0.29) is 11.9 Å². The first-order valence-corrected chi connectivity index (χ1v) is 13.7. The highest BCUT2D eigenvalue weighted by Crippen LogP contribution is 2.34. The molecule has 1 atom stereocenters. The van der Waals surface area contributed by atoms with Gasteiger partial charge in [-0.25, -0.2) is 14.5 Å². The summed E-state index contributed by atoms with van der Waals surface area (Å²) in [6, 6.07) is 10.3. The van der Waals surface area contributed by atoms with Crippen molar-refractivity contribution in [2.24, 2.45) is 0 Å². The van der Waals surface area contributed by atoms with Gasteiger partial charge in [0.25, 0.3) is 0 Å². The minimum atomic E-state index is -0.209. The van der Waals surface area contributed by atoms with Crippen LogP contribution in [0.25, 0.3) is 28.2 Å². The summed E-state index contributed by atoms with van der Waals surface area (Å²) in [5.74, 6) is 1.44. The van der Waals surface area contributed by atoms with Crippen molar-refractivity contribution in [2.45, 2.75) is 52.6 Å². The number of imidazole rings is 1. The molecule has 11 nitrogen and oxygen atoms in total. The molecule has 3 aromatic heterocycles. The van der Waals surface area contributed by atoms with E-state index in [1.807, 2.05) is 35.8 Å². The molecular formula is C28H35N9O2. The zero-order valence-corrected chi connectivity index (χ0v) is 22.9. The number of benzene rings is 1. The maximum atomic E-state index is 12.1. The Labute approximate surface area is 227 Å². The van der Waals surface area contributed by atoms with E-state index in [0.29, 0.717) is 31.2 Å². The van der Waals surface area contributed by atoms with Gasteiger partial charge in [-0.15, -0.1) is 0 Å². The molecule has 2 fully saturated rings. The number of hydrogen-bond acceptors (Lipinski definition) is 8. The summed E-state index contributed by atoms with van der Waals surface area (Å²) < 4.78 is 9.72. The number of nitrogens with one attached hydrogen (secondary N) is 2. The third kappa shape index (κ3) is 4.76. The zero-order chi connectivity index (χ0) is 27.1. The molecule has 0 unspecified atom stereocenters. The van der Waals surface area contributed by atoms with Gasteiger partial charge in [0.15, 0.2) is 0 Å². The lowest BCUT2D eigenvalue weighted by Crippen LogP contribution is -2.44. The number of aryl methyl sites for hydroxylation is 1. The minimum absolute atomic E-state index is 0.156. The molecule has 2 N–H and O–H groups in total. The molecular weight excluding hydrogens is 494 g/mol. The normalized spacial score (nSPS) is 18.6. The third-order valence-electron chi connectivity index (χ3n) is 7.65. The lowest BCUT2D eigenvalue weighted by molar-refractivity contribution is -0.114. The number of piperidine rings is 1. The molecule has 0 spiro atoms. The van der Waals surface area contributed by atoms with Gasteiger partial charge >= 0.3 is 0 Å². The number of aromatic nitrogens is 6. The Bertz CT molecular complexity index is 1520. The molecule has 1 aromatic carbocycles. The van der Waals surface area contributed by atoms with Crippen molar-refractivity contribution in [3.05, 3.63) is 41.7 Å². The Morgan fingerprint density at radius 3 is 2.69 bits per heavy atom. The van der Waals surface area contributed by atoms with Crippen molar-refractivity contribution < 1.29 is 9.53 Å². The van der Waals surface area contributed by atoms with Gasteiger partial charge in [0.2, 0.25) is 17.8 Å². The van der Waals surface area contributed by atoms with E-state index in [1.54, 1.807) is 0 Å². The smallest absolute Gasteiger partial charge is 0.239 e. The van der Waals surface area contributed by atoms with E-state index in [2.05, 4.69) is 45.1 Å². The van der Waals surface area contributed by atoms with Gasteiger partial charge in [0.1, 0.15) is 5.82 Å². The molecule has 4 aromatic rings. The summed E-state index contributed by atoms with van der Waals surface area (Å²) >= 11 is 0. The van der Waals surface area contributed by atoms with Crippen LogP contribution in [0.15, 0.2) is 30.3 Å². The second-order valence-electron chi connectivity index (χ2n) is 10.4. The Morgan fingerprint density at radius 2 is 1.92 bits per heavy atom. The quantitative estimate of drug-likeness (QED) is 0.404. The Morgan fingerprint density at radius 1 is 1.13 bits per heavy atom. The van der Waals surface area contributed by atoms with Crippen LogP contribution in [0.1, 0.15) is 44.1 Å². The van der Waals surface area contributed by atoms with Gasteiger partial charge in [-0.2, -0.15) is 10.1 Å². The van der Waals surface area contributed by atoms with Crippen LogP contribution in [0.3, 0.4) is 0 Å². The predicted molar refractivity (Wildman–Crippen MR) is 150 cm³/mol. The number of fused-ring (bicyclic) bond motifs is 1. The number of para-hydroxylation sites is 2. The van der Waals surface area contributed by atoms with E-state index in [1.165, 1.54) is 6.92 Å². The van der Waals surface area contributed by atoms with Gasteiger partial charge in [0, 0.05) is 30.8 Å². The summed E-state index contributed by atoms with van der Waals surface area (Å²) in [5, 5.41) is 11.3. The molecule has 6 rings (SSSR count). The molecule has 39 heavy (non-hydrogen) atoms. The Kier molecular flexibility index (Phi) is 6.78. The number of hydrogen-bond donors (Lipinski definition) is 2. The fraction of sp³-hybridized carbons (Fsp3) is 0.464. The van der Waals surface area contributed by atoms with Crippen LogP contribution in [0, 0.1) is 13.8 Å². The first-order valence-electron chi connectivity index (χ1n) is 13.7. The Balaban J connectivity index is 1.55. The van der Waals surface area contributed by atoms with Crippen LogP contribution in [-0.2, 0) is 9.53 Å². The van der Waals surface area contributed by atoms with Crippen molar-refractivity contribution >= 4 is 28.7 Å². The number of carbonyl (C=O) groups excluding carboxylic acids is 1. The number of rotatable bonds is 5. The summed E-state index contributed by atoms with van der Waals surface area (Å²) in [6.45, 7) is 11.8. The molecule has 0 saturated carbocycles. The van der Waals surface area contributed by atoms with Gasteiger partial charge in [-0.1, -0.05) is 12.1 Å². The topological polar surface area (TPSA) is 115 Å². The zero-order valence-electron chi connectivity index (χ0n) is 22.9. The molecule has 0 bridgehead atoms. The van der Waals surface area contributed by atoms with Crippen molar-refractivity contribution in [3.63, 3.8) is 0 Å². The molecule has 2 aliphatic heterocycles. The predicted octanol–water partition coefficient (Wildman–Crippen LogP) is 3.40. The highest BCUT2D eigenvalue weighted by atomic mass is 16.5. The first-order chi connectivity index (χ1) is 18.9. The third-order valence-corrected chi connectivity index (χ3v) is 7.65. The number of amides is 1. The largest absolute Gasteiger partial charge is 0.377 e. The molecule has 5 heterocycles. The summed E-state index contributed by atoms with van der Waals surface area (Å²) in [4.78, 5) is 29.2. The number of anilines is 2. The van der Waals surface area contributed by atoms with E-state index in [4.69, 9.17) is 19.8 Å². The van der Waals surface area contributed by atoms with Crippen LogP contribution in [0.2, 0.25) is 0 Å². The highest BCUT2D eigenvalue weighted by Gasteiger charge is 2.27. The second kappa shape index (κ2) is 10.4. The van der Waals surface area contributed by atoms with E-state index >= 15 is 0 Å². The molecule has 2 aliphatic rings. The SMILES string of the molecule is CC(=O)Nc1nc2ccccc2n1-c1nc(-c2c(C)nn(C3CCNCC3)c2C)cc(N2CCOC[C@H]2C)n1. The number of ether oxygens (including phenoxy) is 1. The number of nitrogens with zero attached hydrogens (tertiary/aromatic N) is 7. The van der Waals surface area contributed by atoms with Gasteiger partial charge < -0.3 is 15.0 Å². The van der Waals surface area contributed by atoms with Crippen LogP contribution in [-0.4, -0.2) is 74.1 Å². The van der Waals surface area contributed by atoms with E-state index in [9.17, 15) is 4.79 Å². The van der Waals surface area contributed by atoms with Crippen LogP contribution < -0.4 is 15.5 Å². The average molecular weight is 530 g/mol. The number of morpholine rings is 1. The number of carbonyl (C=O) groups is 1. The standard InChI is InChI=1S/C28H35N9O2/c1-17-16-39-14-13-35(17)25-15-23(26-18(2)34-37(19(26)3)21-9-11-29-12-10-21)32-28(33-25)36-24-8-6-5-7-22(24)31-27(36)30-20(4)38/h5-8,15,17,21,29H,9-14,16H2,1-4H3,(H,30,31,38)/t17-/m1/s1. The molecule has 0 radical (unpaired) electrons. The lowest BCUT2D eigenvalue weighted by atomic mass is 10.1. The van der Waals surface area contributed by atoms with E-state index in [0.717, 1.165) is 72.0 Å². The summed E-state index contributed by atoms with van der Waals surface area (Å²) in [5.41, 5.74) is 5.43. The van der Waals surface area contributed by atoms with Gasteiger partial charge in [-0.3, -0.25) is 14.8 Å². The van der Waals surface area contributed by atoms with Crippen molar-refractivity contribution in [2.75, 3.05) is 43.1 Å². The van der Waals surface area contributed by atoms with Crippen molar-refractivity contribution in [1.29, 1.82) is 0 Å². The lowest BCUT2D eigenvalue weighted by Gasteiger charge is -2.34. The van der Waals surface area contributed by atoms with Crippen LogP contribution in [0.4, 0.5) is 11.8 Å². The summed E-state index contributed by atoms with van der Waals surface area (Å²) in [7, 11) is 0.